The molecule has 128 valence electrons. The van der Waals surface area contributed by atoms with Crippen molar-refractivity contribution in [3.63, 3.8) is 0 Å². The second kappa shape index (κ2) is 11.5. The first kappa shape index (κ1) is 20.9. The van der Waals surface area contributed by atoms with Crippen LogP contribution in [0.2, 0.25) is 0 Å². The zero-order valence-electron chi connectivity index (χ0n) is 13.5. The van der Waals surface area contributed by atoms with Crippen LogP contribution < -0.4 is 5.48 Å². The molecular weight excluding hydrogens is 330 g/mol. The van der Waals surface area contributed by atoms with Crippen molar-refractivity contribution in [3.05, 3.63) is 0 Å². The van der Waals surface area contributed by atoms with Crippen molar-refractivity contribution < 1.29 is 23.9 Å². The molecular formula is C12H23N3O5S2. The van der Waals surface area contributed by atoms with E-state index in [0.717, 1.165) is 12.1 Å². The van der Waals surface area contributed by atoms with Gasteiger partial charge < -0.3 is 14.3 Å². The Morgan fingerprint density at radius 2 is 2.05 bits per heavy atom. The first-order valence-corrected chi connectivity index (χ1v) is 7.79. The van der Waals surface area contributed by atoms with Crippen LogP contribution in [0.1, 0.15) is 27.2 Å². The SMILES string of the molecule is CCOC(=O)CCN(SN(C)C(=O)ONC(C)=S)C(C)OC. The van der Waals surface area contributed by atoms with Gasteiger partial charge >= 0.3 is 12.1 Å². The maximum Gasteiger partial charge on any atom is 0.444 e. The Labute approximate surface area is 140 Å². The van der Waals surface area contributed by atoms with E-state index in [1.807, 2.05) is 0 Å². The summed E-state index contributed by atoms with van der Waals surface area (Å²) in [5, 5.41) is 0. The number of hydrogen-bond acceptors (Lipinski definition) is 8. The van der Waals surface area contributed by atoms with Crippen LogP contribution >= 0.6 is 24.4 Å². The summed E-state index contributed by atoms with van der Waals surface area (Å²) in [4.78, 5) is 28.3. The molecule has 0 aromatic rings. The number of ether oxygens (including phenoxy) is 2. The molecule has 0 spiro atoms. The topological polar surface area (TPSA) is 80.3 Å². The number of amides is 1. The Bertz CT molecular complexity index is 384. The Morgan fingerprint density at radius 1 is 1.41 bits per heavy atom. The smallest absolute Gasteiger partial charge is 0.444 e. The molecule has 0 rings (SSSR count). The van der Waals surface area contributed by atoms with Gasteiger partial charge in [0.05, 0.1) is 13.0 Å². The van der Waals surface area contributed by atoms with Crippen LogP contribution in [-0.2, 0) is 19.1 Å². The summed E-state index contributed by atoms with van der Waals surface area (Å²) in [5.74, 6) is -0.306. The van der Waals surface area contributed by atoms with Gasteiger partial charge in [-0.1, -0.05) is 12.2 Å². The summed E-state index contributed by atoms with van der Waals surface area (Å²) >= 11 is 5.82. The number of carbonyl (C=O) groups is 2. The number of rotatable bonds is 8. The third-order valence-electron chi connectivity index (χ3n) is 2.35. The molecule has 1 unspecified atom stereocenters. The summed E-state index contributed by atoms with van der Waals surface area (Å²) in [6, 6.07) is 0. The van der Waals surface area contributed by atoms with E-state index in [-0.39, 0.29) is 18.6 Å². The molecule has 0 fully saturated rings. The van der Waals surface area contributed by atoms with Gasteiger partial charge in [0.1, 0.15) is 11.2 Å². The largest absolute Gasteiger partial charge is 0.466 e. The lowest BCUT2D eigenvalue weighted by Gasteiger charge is -2.29. The summed E-state index contributed by atoms with van der Waals surface area (Å²) < 4.78 is 13.1. The molecule has 0 aliphatic rings. The summed E-state index contributed by atoms with van der Waals surface area (Å²) in [6.07, 6.45) is -0.747. The lowest BCUT2D eigenvalue weighted by atomic mass is 10.4. The number of methoxy groups -OCH3 is 1. The van der Waals surface area contributed by atoms with Crippen molar-refractivity contribution in [3.8, 4) is 0 Å². The fourth-order valence-corrected chi connectivity index (χ4v) is 2.06. The molecule has 0 heterocycles. The molecule has 0 bridgehead atoms. The lowest BCUT2D eigenvalue weighted by molar-refractivity contribution is -0.143. The molecule has 0 saturated carbocycles. The standard InChI is InChI=1S/C12H23N3O5S2/c1-6-19-11(16)7-8-15(10(3)18-5)22-14(4)12(17)20-13-9(2)21/h10H,6-8H2,1-5H3,(H,13,21). The van der Waals surface area contributed by atoms with Gasteiger partial charge in [-0.2, -0.15) is 0 Å². The second-order valence-electron chi connectivity index (χ2n) is 4.14. The van der Waals surface area contributed by atoms with Gasteiger partial charge in [0.25, 0.3) is 0 Å². The van der Waals surface area contributed by atoms with E-state index in [4.69, 9.17) is 26.5 Å². The van der Waals surface area contributed by atoms with E-state index < -0.39 is 6.09 Å². The molecule has 1 atom stereocenters. The zero-order valence-corrected chi connectivity index (χ0v) is 15.1. The molecule has 8 nitrogen and oxygen atoms in total. The van der Waals surface area contributed by atoms with Crippen LogP contribution in [0.3, 0.4) is 0 Å². The quantitative estimate of drug-likeness (QED) is 0.231. The van der Waals surface area contributed by atoms with Gasteiger partial charge in [0, 0.05) is 32.8 Å². The molecule has 0 radical (unpaired) electrons. The second-order valence-corrected chi connectivity index (χ2v) is 5.93. The highest BCUT2D eigenvalue weighted by Gasteiger charge is 2.22. The minimum atomic E-state index is -0.626. The normalized spacial score (nSPS) is 11.7. The molecule has 1 N–H and O–H groups in total. The van der Waals surface area contributed by atoms with E-state index in [1.165, 1.54) is 18.5 Å². The summed E-state index contributed by atoms with van der Waals surface area (Å²) in [5.41, 5.74) is 2.31. The Kier molecular flexibility index (Phi) is 10.9. The lowest BCUT2D eigenvalue weighted by Crippen LogP contribution is -2.37. The number of carbonyl (C=O) groups excluding carboxylic acids is 2. The molecule has 1 amide bonds. The highest BCUT2D eigenvalue weighted by Crippen LogP contribution is 2.19. The maximum atomic E-state index is 11.7. The first-order chi connectivity index (χ1) is 10.3. The van der Waals surface area contributed by atoms with E-state index in [1.54, 1.807) is 25.1 Å². The van der Waals surface area contributed by atoms with Crippen LogP contribution in [0.4, 0.5) is 4.79 Å². The minimum absolute atomic E-state index is 0.189. The van der Waals surface area contributed by atoms with Crippen LogP contribution in [-0.4, -0.2) is 59.2 Å². The third-order valence-corrected chi connectivity index (χ3v) is 3.52. The third kappa shape index (κ3) is 9.03. The summed E-state index contributed by atoms with van der Waals surface area (Å²) in [7, 11) is 3.07. The molecule has 10 heteroatoms. The van der Waals surface area contributed by atoms with Crippen LogP contribution in [0, 0.1) is 0 Å². The first-order valence-electron chi connectivity index (χ1n) is 6.66. The Balaban J connectivity index is 4.47. The molecule has 0 saturated heterocycles. The van der Waals surface area contributed by atoms with E-state index in [9.17, 15) is 9.59 Å². The fourth-order valence-electron chi connectivity index (χ4n) is 1.21. The minimum Gasteiger partial charge on any atom is -0.466 e. The molecule has 0 aliphatic heterocycles. The maximum absolute atomic E-state index is 11.7. The fraction of sp³-hybridized carbons (Fsp3) is 0.750. The monoisotopic (exact) mass is 353 g/mol. The van der Waals surface area contributed by atoms with Crippen molar-refractivity contribution in [1.82, 2.24) is 14.1 Å². The number of thiocarbonyl (C=S) groups is 1. The van der Waals surface area contributed by atoms with Crippen molar-refractivity contribution in [1.29, 1.82) is 0 Å². The predicted octanol–water partition coefficient (Wildman–Crippen LogP) is 1.72. The van der Waals surface area contributed by atoms with Crippen LogP contribution in [0.5, 0.6) is 0 Å². The number of nitrogens with one attached hydrogen (secondary N) is 1. The summed E-state index contributed by atoms with van der Waals surface area (Å²) in [6.45, 7) is 5.83. The number of hydrogen-bond donors (Lipinski definition) is 1. The van der Waals surface area contributed by atoms with Gasteiger partial charge in [-0.3, -0.25) is 4.79 Å². The van der Waals surface area contributed by atoms with E-state index in [0.29, 0.717) is 18.1 Å². The van der Waals surface area contributed by atoms with Crippen molar-refractivity contribution in [2.45, 2.75) is 33.4 Å². The average Bonchev–Trinajstić information content (AvgIpc) is 2.47. The molecule has 22 heavy (non-hydrogen) atoms. The highest BCUT2D eigenvalue weighted by atomic mass is 32.2. The number of hydroxylamine groups is 1. The molecule has 0 aromatic heterocycles. The van der Waals surface area contributed by atoms with Gasteiger partial charge in [0.15, 0.2) is 0 Å². The molecule has 0 aliphatic carbocycles. The van der Waals surface area contributed by atoms with Gasteiger partial charge in [-0.05, 0) is 20.8 Å². The van der Waals surface area contributed by atoms with E-state index in [2.05, 4.69) is 5.48 Å². The van der Waals surface area contributed by atoms with Crippen molar-refractivity contribution in [2.24, 2.45) is 0 Å². The van der Waals surface area contributed by atoms with Crippen molar-refractivity contribution in [2.75, 3.05) is 27.3 Å². The van der Waals surface area contributed by atoms with Gasteiger partial charge in [-0.25, -0.2) is 18.9 Å². The van der Waals surface area contributed by atoms with Crippen molar-refractivity contribution >= 4 is 41.4 Å². The highest BCUT2D eigenvalue weighted by molar-refractivity contribution is 7.95. The van der Waals surface area contributed by atoms with Gasteiger partial charge in [0.2, 0.25) is 0 Å². The zero-order chi connectivity index (χ0) is 17.1. The number of nitrogens with zero attached hydrogens (tertiary/aromatic N) is 2. The van der Waals surface area contributed by atoms with Crippen LogP contribution in [0.15, 0.2) is 0 Å². The predicted molar refractivity (Wildman–Crippen MR) is 87.7 cm³/mol. The van der Waals surface area contributed by atoms with E-state index >= 15 is 0 Å². The number of esters is 1. The molecule has 0 aromatic carbocycles. The van der Waals surface area contributed by atoms with Crippen LogP contribution in [0.25, 0.3) is 0 Å². The average molecular weight is 353 g/mol. The Hall–Kier alpha value is -1.10. The van der Waals surface area contributed by atoms with Gasteiger partial charge in [-0.15, -0.1) is 0 Å². The Morgan fingerprint density at radius 3 is 2.55 bits per heavy atom.